The molecule has 0 spiro atoms. The summed E-state index contributed by atoms with van der Waals surface area (Å²) in [6, 6.07) is 33.2. The zero-order valence-corrected chi connectivity index (χ0v) is 17.4. The van der Waals surface area contributed by atoms with Crippen LogP contribution in [-0.2, 0) is 0 Å². The Hall–Kier alpha value is -2.47. The SMILES string of the molecule is CN(C)[C@@H](C1=C(P(c2ccccc2)c2ccccc2)C=CC1)c1ccccc1. The van der Waals surface area contributed by atoms with Gasteiger partial charge in [-0.3, -0.25) is 4.90 Å². The average molecular weight is 383 g/mol. The third kappa shape index (κ3) is 3.87. The molecule has 0 aliphatic heterocycles. The molecule has 0 saturated heterocycles. The molecule has 140 valence electrons. The smallest absolute Gasteiger partial charge is 0.0568 e. The Morgan fingerprint density at radius 2 is 1.21 bits per heavy atom. The van der Waals surface area contributed by atoms with E-state index in [1.54, 1.807) is 0 Å². The van der Waals surface area contributed by atoms with E-state index in [1.807, 2.05) is 0 Å². The molecule has 1 atom stereocenters. The Morgan fingerprint density at radius 1 is 0.714 bits per heavy atom. The van der Waals surface area contributed by atoms with Crippen molar-refractivity contribution < 1.29 is 0 Å². The fourth-order valence-corrected chi connectivity index (χ4v) is 6.56. The second-order valence-electron chi connectivity index (χ2n) is 7.30. The second kappa shape index (κ2) is 8.69. The molecule has 2 heteroatoms. The first-order valence-electron chi connectivity index (χ1n) is 9.77. The third-order valence-corrected chi connectivity index (χ3v) is 7.72. The Balaban J connectivity index is 1.87. The Kier molecular flexibility index (Phi) is 5.86. The minimum atomic E-state index is -0.573. The molecule has 1 nitrogen and oxygen atoms in total. The minimum Gasteiger partial charge on any atom is -0.299 e. The van der Waals surface area contributed by atoms with Crippen molar-refractivity contribution in [1.29, 1.82) is 0 Å². The summed E-state index contributed by atoms with van der Waals surface area (Å²) >= 11 is 0. The molecule has 1 aliphatic carbocycles. The summed E-state index contributed by atoms with van der Waals surface area (Å²) in [6.07, 6.45) is 5.73. The van der Waals surface area contributed by atoms with Gasteiger partial charge >= 0.3 is 0 Å². The van der Waals surface area contributed by atoms with E-state index in [2.05, 4.69) is 122 Å². The van der Waals surface area contributed by atoms with Gasteiger partial charge in [0.25, 0.3) is 0 Å². The van der Waals surface area contributed by atoms with Gasteiger partial charge in [-0.1, -0.05) is 103 Å². The summed E-state index contributed by atoms with van der Waals surface area (Å²) < 4.78 is 0. The van der Waals surface area contributed by atoms with Gasteiger partial charge in [0.05, 0.1) is 6.04 Å². The number of rotatable bonds is 6. The predicted molar refractivity (Wildman–Crippen MR) is 123 cm³/mol. The average Bonchev–Trinajstić information content (AvgIpc) is 3.19. The number of allylic oxidation sites excluding steroid dienone is 3. The molecule has 28 heavy (non-hydrogen) atoms. The topological polar surface area (TPSA) is 3.24 Å². The highest BCUT2D eigenvalue weighted by Gasteiger charge is 2.28. The van der Waals surface area contributed by atoms with E-state index < -0.39 is 7.92 Å². The molecule has 4 rings (SSSR count). The maximum absolute atomic E-state index is 2.38. The van der Waals surface area contributed by atoms with Crippen LogP contribution in [0.2, 0.25) is 0 Å². The van der Waals surface area contributed by atoms with Gasteiger partial charge in [0.1, 0.15) is 0 Å². The van der Waals surface area contributed by atoms with Gasteiger partial charge in [-0.15, -0.1) is 0 Å². The van der Waals surface area contributed by atoms with Gasteiger partial charge in [-0.25, -0.2) is 0 Å². The molecule has 0 unspecified atom stereocenters. The molecule has 0 amide bonds. The fraction of sp³-hybridized carbons (Fsp3) is 0.154. The number of hydrogen-bond donors (Lipinski definition) is 0. The maximum atomic E-state index is 2.38. The largest absolute Gasteiger partial charge is 0.299 e. The van der Waals surface area contributed by atoms with Gasteiger partial charge in [0, 0.05) is 0 Å². The van der Waals surface area contributed by atoms with E-state index in [0.717, 1.165) is 6.42 Å². The molecular formula is C26H26NP. The predicted octanol–water partition coefficient (Wildman–Crippen LogP) is 5.64. The summed E-state index contributed by atoms with van der Waals surface area (Å²) in [5.74, 6) is 0. The van der Waals surface area contributed by atoms with Crippen LogP contribution < -0.4 is 10.6 Å². The number of likely N-dealkylation sites (N-methyl/N-ethyl adjacent to an activating group) is 1. The molecule has 0 saturated carbocycles. The molecule has 1 aliphatic rings. The fourth-order valence-electron chi connectivity index (χ4n) is 4.01. The van der Waals surface area contributed by atoms with Crippen molar-refractivity contribution in [2.75, 3.05) is 14.1 Å². The van der Waals surface area contributed by atoms with Crippen LogP contribution in [0.25, 0.3) is 0 Å². The highest BCUT2D eigenvalue weighted by atomic mass is 31.1. The van der Waals surface area contributed by atoms with Crippen LogP contribution in [0.15, 0.2) is 114 Å². The van der Waals surface area contributed by atoms with Gasteiger partial charge in [0.2, 0.25) is 0 Å². The van der Waals surface area contributed by atoms with Crippen molar-refractivity contribution in [3.05, 3.63) is 120 Å². The first-order valence-corrected chi connectivity index (χ1v) is 11.1. The van der Waals surface area contributed by atoms with Crippen LogP contribution in [0.5, 0.6) is 0 Å². The zero-order chi connectivity index (χ0) is 19.3. The quantitative estimate of drug-likeness (QED) is 0.498. The van der Waals surface area contributed by atoms with Gasteiger partial charge < -0.3 is 0 Å². The van der Waals surface area contributed by atoms with E-state index in [-0.39, 0.29) is 0 Å². The van der Waals surface area contributed by atoms with Gasteiger partial charge in [0.15, 0.2) is 0 Å². The van der Waals surface area contributed by atoms with Crippen molar-refractivity contribution in [2.24, 2.45) is 0 Å². The highest BCUT2D eigenvalue weighted by Crippen LogP contribution is 2.51. The molecule has 3 aromatic rings. The molecule has 0 heterocycles. The molecule has 0 bridgehead atoms. The van der Waals surface area contributed by atoms with E-state index >= 15 is 0 Å². The van der Waals surface area contributed by atoms with E-state index in [4.69, 9.17) is 0 Å². The van der Waals surface area contributed by atoms with Crippen molar-refractivity contribution in [1.82, 2.24) is 4.90 Å². The summed E-state index contributed by atoms with van der Waals surface area (Å²) in [5, 5.41) is 4.32. The summed E-state index contributed by atoms with van der Waals surface area (Å²) in [5.41, 5.74) is 2.88. The molecular weight excluding hydrogens is 357 g/mol. The lowest BCUT2D eigenvalue weighted by Crippen LogP contribution is -2.23. The highest BCUT2D eigenvalue weighted by molar-refractivity contribution is 7.77. The van der Waals surface area contributed by atoms with Crippen molar-refractivity contribution in [3.63, 3.8) is 0 Å². The van der Waals surface area contributed by atoms with Crippen LogP contribution in [-0.4, -0.2) is 19.0 Å². The van der Waals surface area contributed by atoms with Crippen LogP contribution in [0.1, 0.15) is 18.0 Å². The van der Waals surface area contributed by atoms with Crippen molar-refractivity contribution in [2.45, 2.75) is 12.5 Å². The summed E-state index contributed by atoms with van der Waals surface area (Å²) in [4.78, 5) is 2.35. The lowest BCUT2D eigenvalue weighted by atomic mass is 9.97. The Bertz CT molecular complexity index is 920. The Labute approximate surface area is 169 Å². The van der Waals surface area contributed by atoms with Gasteiger partial charge in [-0.05, 0) is 55.5 Å². The number of hydrogen-bond acceptors (Lipinski definition) is 1. The number of nitrogens with zero attached hydrogens (tertiary/aromatic N) is 1. The zero-order valence-electron chi connectivity index (χ0n) is 16.5. The Morgan fingerprint density at radius 3 is 1.71 bits per heavy atom. The van der Waals surface area contributed by atoms with Gasteiger partial charge in [-0.2, -0.15) is 0 Å². The van der Waals surface area contributed by atoms with Crippen LogP contribution in [0.4, 0.5) is 0 Å². The lowest BCUT2D eigenvalue weighted by Gasteiger charge is -2.30. The van der Waals surface area contributed by atoms with Crippen LogP contribution >= 0.6 is 7.92 Å². The first kappa shape index (κ1) is 18.9. The molecule has 3 aromatic carbocycles. The molecule has 0 radical (unpaired) electrons. The van der Waals surface area contributed by atoms with E-state index in [1.165, 1.54) is 27.1 Å². The van der Waals surface area contributed by atoms with Crippen LogP contribution in [0, 0.1) is 0 Å². The van der Waals surface area contributed by atoms with Crippen LogP contribution in [0.3, 0.4) is 0 Å². The van der Waals surface area contributed by atoms with Crippen molar-refractivity contribution in [3.8, 4) is 0 Å². The monoisotopic (exact) mass is 383 g/mol. The molecule has 0 N–H and O–H groups in total. The number of benzene rings is 3. The maximum Gasteiger partial charge on any atom is 0.0568 e. The third-order valence-electron chi connectivity index (χ3n) is 5.17. The van der Waals surface area contributed by atoms with Crippen molar-refractivity contribution >= 4 is 18.5 Å². The summed E-state index contributed by atoms with van der Waals surface area (Å²) in [6.45, 7) is 0. The molecule has 0 fully saturated rings. The molecule has 0 aromatic heterocycles. The minimum absolute atomic E-state index is 0.295. The summed E-state index contributed by atoms with van der Waals surface area (Å²) in [7, 11) is 3.80. The first-order chi connectivity index (χ1) is 13.8. The van der Waals surface area contributed by atoms with E-state index in [9.17, 15) is 0 Å². The lowest BCUT2D eigenvalue weighted by molar-refractivity contribution is 0.334. The standard InChI is InChI=1S/C26H26NP/c1-27(2)26(21-13-6-3-7-14-21)24-19-12-20-25(24)28(22-15-8-4-9-16-22)23-17-10-5-11-18-23/h3-18,20,26H,19H2,1-2H3/t26-/m1/s1. The van der Waals surface area contributed by atoms with E-state index in [0.29, 0.717) is 6.04 Å². The normalized spacial score (nSPS) is 14.9. The second-order valence-corrected chi connectivity index (χ2v) is 9.49.